The highest BCUT2D eigenvalue weighted by Gasteiger charge is 2.15. The smallest absolute Gasteiger partial charge is 0.291 e. The van der Waals surface area contributed by atoms with Crippen molar-refractivity contribution in [1.29, 1.82) is 0 Å². The Morgan fingerprint density at radius 3 is 2.71 bits per heavy atom. The zero-order chi connectivity index (χ0) is 15.0. The lowest BCUT2D eigenvalue weighted by Crippen LogP contribution is -2.12. The van der Waals surface area contributed by atoms with Crippen LogP contribution in [0.15, 0.2) is 46.9 Å². The van der Waals surface area contributed by atoms with Crippen molar-refractivity contribution in [2.75, 3.05) is 11.1 Å². The second-order valence-electron chi connectivity index (χ2n) is 4.49. The Morgan fingerprint density at radius 1 is 1.10 bits per heavy atom. The number of fused-ring (bicyclic) bond motifs is 1. The summed E-state index contributed by atoms with van der Waals surface area (Å²) in [5, 5.41) is 2.92. The lowest BCUT2D eigenvalue weighted by atomic mass is 10.2. The van der Waals surface area contributed by atoms with Crippen LogP contribution < -0.4 is 11.1 Å². The van der Waals surface area contributed by atoms with Crippen molar-refractivity contribution in [2.24, 2.45) is 0 Å². The molecule has 0 bridgehead atoms. The number of carbonyl (C=O) groups is 1. The van der Waals surface area contributed by atoms with Gasteiger partial charge in [-0.3, -0.25) is 4.79 Å². The number of carbonyl (C=O) groups excluding carboxylic acids is 1. The number of halogens is 2. The molecule has 2 aromatic carbocycles. The zero-order valence-corrected chi connectivity index (χ0v) is 10.7. The largest absolute Gasteiger partial charge is 0.451 e. The summed E-state index contributed by atoms with van der Waals surface area (Å²) in [6.45, 7) is 0. The molecule has 4 nitrogen and oxygen atoms in total. The summed E-state index contributed by atoms with van der Waals surface area (Å²) in [6, 6.07) is 9.20. The first-order valence-electron chi connectivity index (χ1n) is 6.08. The fraction of sp³-hybridized carbons (Fsp3) is 0. The quantitative estimate of drug-likeness (QED) is 0.709. The molecular formula is C15H10F2N2O2. The van der Waals surface area contributed by atoms with Crippen molar-refractivity contribution in [1.82, 2.24) is 0 Å². The van der Waals surface area contributed by atoms with Crippen molar-refractivity contribution in [3.8, 4) is 0 Å². The van der Waals surface area contributed by atoms with Crippen molar-refractivity contribution in [3.05, 3.63) is 59.9 Å². The third-order valence-corrected chi connectivity index (χ3v) is 2.94. The summed E-state index contributed by atoms with van der Waals surface area (Å²) in [5.74, 6) is -2.07. The van der Waals surface area contributed by atoms with Crippen LogP contribution in [-0.2, 0) is 0 Å². The predicted octanol–water partition coefficient (Wildman–Crippen LogP) is 3.55. The van der Waals surface area contributed by atoms with E-state index in [0.717, 1.165) is 18.2 Å². The minimum Gasteiger partial charge on any atom is -0.451 e. The van der Waals surface area contributed by atoms with Crippen LogP contribution in [0.3, 0.4) is 0 Å². The molecule has 1 aromatic heterocycles. The Kier molecular flexibility index (Phi) is 3.06. The molecule has 0 aliphatic carbocycles. The van der Waals surface area contributed by atoms with E-state index < -0.39 is 17.5 Å². The van der Waals surface area contributed by atoms with Crippen molar-refractivity contribution in [2.45, 2.75) is 0 Å². The monoisotopic (exact) mass is 288 g/mol. The fourth-order valence-corrected chi connectivity index (χ4v) is 1.95. The Bertz CT molecular complexity index is 843. The minimum absolute atomic E-state index is 0.0146. The number of anilines is 2. The SMILES string of the molecule is Nc1ccc2oc(C(=O)Nc3cc(F)ccc3F)cc2c1. The third kappa shape index (κ3) is 2.55. The van der Waals surface area contributed by atoms with Crippen molar-refractivity contribution >= 4 is 28.3 Å². The van der Waals surface area contributed by atoms with E-state index in [9.17, 15) is 13.6 Å². The maximum atomic E-state index is 13.5. The van der Waals surface area contributed by atoms with Gasteiger partial charge < -0.3 is 15.5 Å². The standard InChI is InChI=1S/C15H10F2N2O2/c16-9-1-3-11(17)12(7-9)19-15(20)14-6-8-5-10(18)2-4-13(8)21-14/h1-7H,18H2,(H,19,20). The van der Waals surface area contributed by atoms with Gasteiger partial charge in [-0.15, -0.1) is 0 Å². The first-order chi connectivity index (χ1) is 10.0. The summed E-state index contributed by atoms with van der Waals surface area (Å²) in [6.07, 6.45) is 0. The Labute approximate surface area is 118 Å². The van der Waals surface area contributed by atoms with Gasteiger partial charge >= 0.3 is 0 Å². The summed E-state index contributed by atoms with van der Waals surface area (Å²) in [7, 11) is 0. The van der Waals surface area contributed by atoms with Gasteiger partial charge in [-0.1, -0.05) is 0 Å². The summed E-state index contributed by atoms with van der Waals surface area (Å²) in [4.78, 5) is 12.0. The van der Waals surface area contributed by atoms with Crippen LogP contribution in [0.5, 0.6) is 0 Å². The predicted molar refractivity (Wildman–Crippen MR) is 74.9 cm³/mol. The number of hydrogen-bond donors (Lipinski definition) is 2. The lowest BCUT2D eigenvalue weighted by molar-refractivity contribution is 0.0998. The molecule has 1 amide bonds. The fourth-order valence-electron chi connectivity index (χ4n) is 1.95. The van der Waals surface area contributed by atoms with E-state index in [1.165, 1.54) is 6.07 Å². The number of nitrogen functional groups attached to an aromatic ring is 1. The zero-order valence-electron chi connectivity index (χ0n) is 10.7. The van der Waals surface area contributed by atoms with Crippen LogP contribution in [0.2, 0.25) is 0 Å². The number of nitrogens with two attached hydrogens (primary N) is 1. The molecule has 0 unspecified atom stereocenters. The highest BCUT2D eigenvalue weighted by molar-refractivity contribution is 6.04. The van der Waals surface area contributed by atoms with Crippen LogP contribution in [0, 0.1) is 11.6 Å². The molecule has 0 atom stereocenters. The van der Waals surface area contributed by atoms with Crippen LogP contribution in [0.4, 0.5) is 20.2 Å². The number of nitrogens with one attached hydrogen (secondary N) is 1. The molecule has 0 radical (unpaired) electrons. The Morgan fingerprint density at radius 2 is 1.90 bits per heavy atom. The lowest BCUT2D eigenvalue weighted by Gasteiger charge is -2.04. The van der Waals surface area contributed by atoms with Crippen molar-refractivity contribution < 1.29 is 18.0 Å². The number of rotatable bonds is 2. The number of amides is 1. The molecule has 0 fully saturated rings. The maximum absolute atomic E-state index is 13.5. The molecule has 3 rings (SSSR count). The molecule has 21 heavy (non-hydrogen) atoms. The van der Waals surface area contributed by atoms with Gasteiger partial charge in [0.15, 0.2) is 5.76 Å². The van der Waals surface area contributed by atoms with Crippen molar-refractivity contribution in [3.63, 3.8) is 0 Å². The molecule has 1 heterocycles. The van der Waals surface area contributed by atoms with Gasteiger partial charge in [0.25, 0.3) is 5.91 Å². The number of furan rings is 1. The molecule has 0 aliphatic rings. The second-order valence-corrected chi connectivity index (χ2v) is 4.49. The van der Waals surface area contributed by atoms with E-state index in [1.807, 2.05) is 0 Å². The van der Waals surface area contributed by atoms with Crippen LogP contribution in [0.25, 0.3) is 11.0 Å². The maximum Gasteiger partial charge on any atom is 0.291 e. The van der Waals surface area contributed by atoms with Crippen LogP contribution in [-0.4, -0.2) is 5.91 Å². The van der Waals surface area contributed by atoms with Gasteiger partial charge in [0.2, 0.25) is 0 Å². The van der Waals surface area contributed by atoms with Gasteiger partial charge in [-0.25, -0.2) is 8.78 Å². The Balaban J connectivity index is 1.91. The van der Waals surface area contributed by atoms with E-state index in [2.05, 4.69) is 5.32 Å². The molecule has 3 aromatic rings. The van der Waals surface area contributed by atoms with E-state index in [1.54, 1.807) is 18.2 Å². The first kappa shape index (κ1) is 13.1. The highest BCUT2D eigenvalue weighted by Crippen LogP contribution is 2.23. The average molecular weight is 288 g/mol. The van der Waals surface area contributed by atoms with E-state index in [0.29, 0.717) is 16.7 Å². The molecule has 6 heteroatoms. The van der Waals surface area contributed by atoms with E-state index in [4.69, 9.17) is 10.2 Å². The van der Waals surface area contributed by atoms with E-state index >= 15 is 0 Å². The van der Waals surface area contributed by atoms with Crippen LogP contribution >= 0.6 is 0 Å². The molecule has 0 spiro atoms. The molecular weight excluding hydrogens is 278 g/mol. The summed E-state index contributed by atoms with van der Waals surface area (Å²) < 4.78 is 31.9. The Hall–Kier alpha value is -2.89. The third-order valence-electron chi connectivity index (χ3n) is 2.94. The molecule has 0 saturated heterocycles. The second kappa shape index (κ2) is 4.90. The van der Waals surface area contributed by atoms with Gasteiger partial charge in [-0.05, 0) is 36.4 Å². The van der Waals surface area contributed by atoms with Gasteiger partial charge in [-0.2, -0.15) is 0 Å². The average Bonchev–Trinajstić information content (AvgIpc) is 2.86. The number of hydrogen-bond acceptors (Lipinski definition) is 3. The van der Waals surface area contributed by atoms with E-state index in [-0.39, 0.29) is 11.4 Å². The minimum atomic E-state index is -0.731. The highest BCUT2D eigenvalue weighted by atomic mass is 19.1. The van der Waals surface area contributed by atoms with Gasteiger partial charge in [0.05, 0.1) is 5.69 Å². The molecule has 0 aliphatic heterocycles. The summed E-state index contributed by atoms with van der Waals surface area (Å²) in [5.41, 5.74) is 6.40. The summed E-state index contributed by atoms with van der Waals surface area (Å²) >= 11 is 0. The normalized spacial score (nSPS) is 10.8. The topological polar surface area (TPSA) is 68.3 Å². The molecule has 0 saturated carbocycles. The first-order valence-corrected chi connectivity index (χ1v) is 6.08. The van der Waals surface area contributed by atoms with Gasteiger partial charge in [0, 0.05) is 17.1 Å². The van der Waals surface area contributed by atoms with Crippen LogP contribution in [0.1, 0.15) is 10.6 Å². The van der Waals surface area contributed by atoms with Gasteiger partial charge in [0.1, 0.15) is 17.2 Å². The molecule has 106 valence electrons. The molecule has 3 N–H and O–H groups in total. The number of benzene rings is 2.